The monoisotopic (exact) mass is 253 g/mol. The van der Waals surface area contributed by atoms with E-state index >= 15 is 0 Å². The number of hydrogen-bond acceptors (Lipinski definition) is 2. The molecule has 18 heavy (non-hydrogen) atoms. The summed E-state index contributed by atoms with van der Waals surface area (Å²) in [6, 6.07) is 0.408. The predicted molar refractivity (Wildman–Crippen MR) is 77.7 cm³/mol. The van der Waals surface area contributed by atoms with Gasteiger partial charge in [0.2, 0.25) is 0 Å². The van der Waals surface area contributed by atoms with Crippen LogP contribution >= 0.6 is 0 Å². The number of nitrogens with one attached hydrogen (secondary N) is 1. The van der Waals surface area contributed by atoms with Crippen molar-refractivity contribution in [3.63, 3.8) is 0 Å². The van der Waals surface area contributed by atoms with Gasteiger partial charge in [-0.3, -0.25) is 4.79 Å². The van der Waals surface area contributed by atoms with Gasteiger partial charge in [0.1, 0.15) is 5.78 Å². The second kappa shape index (κ2) is 6.70. The Bertz CT molecular complexity index is 257. The van der Waals surface area contributed by atoms with Crippen molar-refractivity contribution in [2.75, 3.05) is 6.54 Å². The molecule has 1 saturated carbocycles. The molecular formula is C16H31NO. The largest absolute Gasteiger partial charge is 0.308 e. The summed E-state index contributed by atoms with van der Waals surface area (Å²) in [5.74, 6) is 1.59. The number of ketones is 1. The minimum atomic E-state index is 0.326. The highest BCUT2D eigenvalue weighted by atomic mass is 16.1. The van der Waals surface area contributed by atoms with Crippen molar-refractivity contribution < 1.29 is 4.79 Å². The van der Waals surface area contributed by atoms with Crippen LogP contribution in [0.1, 0.15) is 66.7 Å². The predicted octanol–water partition coefficient (Wildman–Crippen LogP) is 3.80. The molecule has 2 heteroatoms. The molecule has 0 aromatic heterocycles. The molecule has 0 spiro atoms. The Morgan fingerprint density at radius 2 is 1.72 bits per heavy atom. The van der Waals surface area contributed by atoms with E-state index in [1.807, 2.05) is 0 Å². The summed E-state index contributed by atoms with van der Waals surface area (Å²) < 4.78 is 0. The Kier molecular flexibility index (Phi) is 5.84. The van der Waals surface area contributed by atoms with E-state index in [1.54, 1.807) is 0 Å². The molecule has 2 nitrogen and oxygen atoms in total. The van der Waals surface area contributed by atoms with Crippen LogP contribution in [0.4, 0.5) is 0 Å². The lowest BCUT2D eigenvalue weighted by Crippen LogP contribution is -2.34. The second-order valence-corrected chi connectivity index (χ2v) is 7.48. The number of Topliss-reactive ketones (excluding diaryl/α,β-unsaturated/α-hetero) is 1. The minimum absolute atomic E-state index is 0.326. The van der Waals surface area contributed by atoms with Gasteiger partial charge in [0, 0.05) is 12.0 Å². The molecule has 1 fully saturated rings. The third-order valence-electron chi connectivity index (χ3n) is 3.89. The second-order valence-electron chi connectivity index (χ2n) is 7.48. The van der Waals surface area contributed by atoms with Gasteiger partial charge in [-0.1, -0.05) is 34.6 Å². The topological polar surface area (TPSA) is 29.1 Å². The van der Waals surface area contributed by atoms with Crippen LogP contribution in [-0.2, 0) is 4.79 Å². The van der Waals surface area contributed by atoms with Gasteiger partial charge in [0.25, 0.3) is 0 Å². The number of hydrogen-bond donors (Lipinski definition) is 1. The molecule has 1 aliphatic carbocycles. The Morgan fingerprint density at radius 1 is 1.17 bits per heavy atom. The van der Waals surface area contributed by atoms with Crippen LogP contribution in [0.2, 0.25) is 0 Å². The van der Waals surface area contributed by atoms with Gasteiger partial charge in [0.05, 0.1) is 6.54 Å². The number of carbonyl (C=O) groups is 1. The average molecular weight is 253 g/mol. The van der Waals surface area contributed by atoms with Crippen molar-refractivity contribution in [2.24, 2.45) is 17.3 Å². The molecule has 0 atom stereocenters. The standard InChI is InChI=1S/C16H31NO/c1-12(2)17-11-15(18)14-8-6-13(7-9-14)10-16(3,4)5/h12-14,17H,6-11H2,1-5H3. The molecule has 106 valence electrons. The normalized spacial score (nSPS) is 25.4. The summed E-state index contributed by atoms with van der Waals surface area (Å²) in [4.78, 5) is 12.0. The maximum absolute atomic E-state index is 12.0. The minimum Gasteiger partial charge on any atom is -0.308 e. The van der Waals surface area contributed by atoms with Crippen molar-refractivity contribution in [2.45, 2.75) is 72.8 Å². The van der Waals surface area contributed by atoms with Crippen LogP contribution in [0.5, 0.6) is 0 Å². The molecule has 0 heterocycles. The molecule has 1 rings (SSSR count). The van der Waals surface area contributed by atoms with Crippen molar-refractivity contribution in [3.8, 4) is 0 Å². The molecule has 1 aliphatic rings. The van der Waals surface area contributed by atoms with Crippen LogP contribution in [0.15, 0.2) is 0 Å². The van der Waals surface area contributed by atoms with E-state index in [4.69, 9.17) is 0 Å². The van der Waals surface area contributed by atoms with E-state index < -0.39 is 0 Å². The highest BCUT2D eigenvalue weighted by Gasteiger charge is 2.28. The molecule has 0 unspecified atom stereocenters. The summed E-state index contributed by atoms with van der Waals surface area (Å²) in [5.41, 5.74) is 0.431. The van der Waals surface area contributed by atoms with E-state index in [9.17, 15) is 4.79 Å². The van der Waals surface area contributed by atoms with E-state index in [0.717, 1.165) is 18.8 Å². The fourth-order valence-corrected chi connectivity index (χ4v) is 3.00. The van der Waals surface area contributed by atoms with Crippen LogP contribution in [0, 0.1) is 17.3 Å². The van der Waals surface area contributed by atoms with Crippen LogP contribution in [0.25, 0.3) is 0 Å². The fraction of sp³-hybridized carbons (Fsp3) is 0.938. The first-order valence-electron chi connectivity index (χ1n) is 7.54. The van der Waals surface area contributed by atoms with Crippen LogP contribution in [-0.4, -0.2) is 18.4 Å². The maximum atomic E-state index is 12.0. The average Bonchev–Trinajstić information content (AvgIpc) is 2.24. The molecule has 0 aromatic rings. The van der Waals surface area contributed by atoms with Crippen molar-refractivity contribution in [1.29, 1.82) is 0 Å². The Balaban J connectivity index is 2.28. The van der Waals surface area contributed by atoms with Gasteiger partial charge in [-0.25, -0.2) is 0 Å². The van der Waals surface area contributed by atoms with Gasteiger partial charge >= 0.3 is 0 Å². The summed E-state index contributed by atoms with van der Waals surface area (Å²) in [6.45, 7) is 11.7. The number of carbonyl (C=O) groups excluding carboxylic acids is 1. The van der Waals surface area contributed by atoms with Crippen molar-refractivity contribution >= 4 is 5.78 Å². The smallest absolute Gasteiger partial charge is 0.149 e. The third kappa shape index (κ3) is 5.99. The van der Waals surface area contributed by atoms with E-state index in [0.29, 0.717) is 29.7 Å². The maximum Gasteiger partial charge on any atom is 0.149 e. The van der Waals surface area contributed by atoms with Crippen LogP contribution in [0.3, 0.4) is 0 Å². The lowest BCUT2D eigenvalue weighted by molar-refractivity contribution is -0.123. The van der Waals surface area contributed by atoms with Gasteiger partial charge in [-0.2, -0.15) is 0 Å². The summed E-state index contributed by atoms with van der Waals surface area (Å²) in [6.07, 6.45) is 6.02. The Hall–Kier alpha value is -0.370. The van der Waals surface area contributed by atoms with Crippen molar-refractivity contribution in [3.05, 3.63) is 0 Å². The molecule has 0 aliphatic heterocycles. The van der Waals surface area contributed by atoms with Gasteiger partial charge < -0.3 is 5.32 Å². The molecular weight excluding hydrogens is 222 g/mol. The molecule has 0 saturated heterocycles. The van der Waals surface area contributed by atoms with Gasteiger partial charge in [-0.05, 0) is 43.4 Å². The molecule has 0 aromatic carbocycles. The summed E-state index contributed by atoms with van der Waals surface area (Å²) in [5, 5.41) is 3.24. The SMILES string of the molecule is CC(C)NCC(=O)C1CCC(CC(C)(C)C)CC1. The molecule has 0 bridgehead atoms. The first-order valence-corrected chi connectivity index (χ1v) is 7.54. The van der Waals surface area contributed by atoms with E-state index in [2.05, 4.69) is 39.9 Å². The quantitative estimate of drug-likeness (QED) is 0.807. The lowest BCUT2D eigenvalue weighted by atomic mass is 9.73. The summed E-state index contributed by atoms with van der Waals surface area (Å²) in [7, 11) is 0. The molecule has 1 N–H and O–H groups in total. The first-order chi connectivity index (χ1) is 8.28. The highest BCUT2D eigenvalue weighted by molar-refractivity contribution is 5.83. The zero-order valence-corrected chi connectivity index (χ0v) is 12.9. The van der Waals surface area contributed by atoms with E-state index in [1.165, 1.54) is 19.3 Å². The van der Waals surface area contributed by atoms with Crippen molar-refractivity contribution in [1.82, 2.24) is 5.32 Å². The first kappa shape index (κ1) is 15.7. The Morgan fingerprint density at radius 3 is 2.17 bits per heavy atom. The van der Waals surface area contributed by atoms with Gasteiger partial charge in [-0.15, -0.1) is 0 Å². The van der Waals surface area contributed by atoms with Crippen LogP contribution < -0.4 is 5.32 Å². The zero-order chi connectivity index (χ0) is 13.8. The zero-order valence-electron chi connectivity index (χ0n) is 12.9. The van der Waals surface area contributed by atoms with Gasteiger partial charge in [0.15, 0.2) is 0 Å². The Labute approximate surface area is 113 Å². The molecule has 0 amide bonds. The summed E-state index contributed by atoms with van der Waals surface area (Å²) >= 11 is 0. The lowest BCUT2D eigenvalue weighted by Gasteiger charge is -2.32. The number of rotatable bonds is 5. The fourth-order valence-electron chi connectivity index (χ4n) is 3.00. The van der Waals surface area contributed by atoms with E-state index in [-0.39, 0.29) is 0 Å². The third-order valence-corrected chi connectivity index (χ3v) is 3.89. The molecule has 0 radical (unpaired) electrons. The highest BCUT2D eigenvalue weighted by Crippen LogP contribution is 2.36.